The molecule has 2 aliphatic rings. The van der Waals surface area contributed by atoms with Crippen molar-refractivity contribution in [3.05, 3.63) is 23.8 Å². The number of rotatable bonds is 3. The van der Waals surface area contributed by atoms with E-state index in [4.69, 9.17) is 0 Å². The minimum atomic E-state index is 0.608. The summed E-state index contributed by atoms with van der Waals surface area (Å²) in [5.41, 5.74) is 2.34. The van der Waals surface area contributed by atoms with Crippen molar-refractivity contribution in [1.82, 2.24) is 0 Å². The molecule has 14 heavy (non-hydrogen) atoms. The molecular weight excluding hydrogens is 168 g/mol. The van der Waals surface area contributed by atoms with Gasteiger partial charge in [-0.3, -0.25) is 0 Å². The highest BCUT2D eigenvalue weighted by Gasteiger charge is 2.34. The van der Waals surface area contributed by atoms with Crippen LogP contribution >= 0.6 is 0 Å². The average molecular weight is 190 g/mol. The summed E-state index contributed by atoms with van der Waals surface area (Å²) in [7, 11) is 0. The maximum absolute atomic E-state index is 2.39. The van der Waals surface area contributed by atoms with Crippen LogP contribution in [0, 0.1) is 5.41 Å². The van der Waals surface area contributed by atoms with Gasteiger partial charge in [-0.2, -0.15) is 0 Å². The molecule has 0 aromatic heterocycles. The summed E-state index contributed by atoms with van der Waals surface area (Å²) in [5.74, 6) is 0. The van der Waals surface area contributed by atoms with Crippen LogP contribution in [-0.2, 0) is 0 Å². The molecule has 2 rings (SSSR count). The molecule has 0 atom stereocenters. The van der Waals surface area contributed by atoms with Crippen LogP contribution in [0.3, 0.4) is 0 Å². The lowest BCUT2D eigenvalue weighted by Gasteiger charge is -2.39. The predicted octanol–water partition coefficient (Wildman–Crippen LogP) is 4.62. The van der Waals surface area contributed by atoms with Gasteiger partial charge in [0, 0.05) is 0 Å². The lowest BCUT2D eigenvalue weighted by molar-refractivity contribution is 0.217. The van der Waals surface area contributed by atoms with Crippen molar-refractivity contribution in [2.24, 2.45) is 5.41 Å². The molecule has 0 saturated heterocycles. The molecule has 0 heteroatoms. The molecule has 0 radical (unpaired) electrons. The molecular formula is C14H22. The second kappa shape index (κ2) is 4.33. The van der Waals surface area contributed by atoms with Gasteiger partial charge >= 0.3 is 0 Å². The minimum absolute atomic E-state index is 0.608. The second-order valence-corrected chi connectivity index (χ2v) is 4.92. The van der Waals surface area contributed by atoms with Crippen LogP contribution in [0.2, 0.25) is 0 Å². The maximum atomic E-state index is 2.39. The highest BCUT2D eigenvalue weighted by Crippen LogP contribution is 2.48. The lowest BCUT2D eigenvalue weighted by Crippen LogP contribution is -2.25. The van der Waals surface area contributed by atoms with Crippen molar-refractivity contribution in [1.29, 1.82) is 0 Å². The Bertz CT molecular complexity index is 233. The van der Waals surface area contributed by atoms with Gasteiger partial charge in [0.05, 0.1) is 0 Å². The highest BCUT2D eigenvalue weighted by molar-refractivity contribution is 5.29. The van der Waals surface area contributed by atoms with Gasteiger partial charge in [-0.05, 0) is 31.1 Å². The summed E-state index contributed by atoms with van der Waals surface area (Å²) < 4.78 is 0. The zero-order chi connectivity index (χ0) is 9.86. The fourth-order valence-corrected chi connectivity index (χ4v) is 3.28. The van der Waals surface area contributed by atoms with Crippen molar-refractivity contribution in [3.8, 4) is 0 Å². The minimum Gasteiger partial charge on any atom is -0.0804 e. The van der Waals surface area contributed by atoms with Crippen LogP contribution in [-0.4, -0.2) is 0 Å². The molecule has 0 aliphatic heterocycles. The van der Waals surface area contributed by atoms with Crippen LogP contribution < -0.4 is 0 Å². The van der Waals surface area contributed by atoms with Crippen molar-refractivity contribution >= 4 is 0 Å². The third-order valence-electron chi connectivity index (χ3n) is 3.99. The number of allylic oxidation sites excluding steroid dienone is 4. The molecule has 2 aliphatic carbocycles. The van der Waals surface area contributed by atoms with Crippen molar-refractivity contribution in [2.45, 2.75) is 58.3 Å². The summed E-state index contributed by atoms with van der Waals surface area (Å²) in [6.07, 6.45) is 18.2. The summed E-state index contributed by atoms with van der Waals surface area (Å²) in [6, 6.07) is 0. The fourth-order valence-electron chi connectivity index (χ4n) is 3.28. The Labute approximate surface area is 88.1 Å². The smallest absolute Gasteiger partial charge is 0.00820 e. The van der Waals surface area contributed by atoms with Gasteiger partial charge in [0.1, 0.15) is 0 Å². The van der Waals surface area contributed by atoms with Gasteiger partial charge in [0.2, 0.25) is 0 Å². The van der Waals surface area contributed by atoms with E-state index in [0.717, 1.165) is 0 Å². The monoisotopic (exact) mass is 190 g/mol. The summed E-state index contributed by atoms with van der Waals surface area (Å²) in [6.45, 7) is 2.33. The van der Waals surface area contributed by atoms with Gasteiger partial charge in [-0.25, -0.2) is 0 Å². The van der Waals surface area contributed by atoms with E-state index in [9.17, 15) is 0 Å². The Kier molecular flexibility index (Phi) is 3.10. The first-order chi connectivity index (χ1) is 6.87. The lowest BCUT2D eigenvalue weighted by atomic mass is 9.66. The van der Waals surface area contributed by atoms with E-state index >= 15 is 0 Å². The van der Waals surface area contributed by atoms with E-state index in [1.54, 1.807) is 5.57 Å². The summed E-state index contributed by atoms with van der Waals surface area (Å²) >= 11 is 0. The SMILES string of the molecule is CCCC1(C2=CC=CC2)CCCCC1. The normalized spacial score (nSPS) is 25.1. The molecule has 0 aromatic carbocycles. The van der Waals surface area contributed by atoms with E-state index in [0.29, 0.717) is 5.41 Å². The molecule has 0 amide bonds. The highest BCUT2D eigenvalue weighted by atomic mass is 14.4. The van der Waals surface area contributed by atoms with Crippen LogP contribution in [0.1, 0.15) is 58.3 Å². The molecule has 0 aromatic rings. The Hall–Kier alpha value is -0.520. The molecule has 0 heterocycles. The van der Waals surface area contributed by atoms with E-state index in [1.165, 1.54) is 51.4 Å². The van der Waals surface area contributed by atoms with E-state index in [1.807, 2.05) is 0 Å². The van der Waals surface area contributed by atoms with Crippen molar-refractivity contribution in [3.63, 3.8) is 0 Å². The first-order valence-electron chi connectivity index (χ1n) is 6.23. The topological polar surface area (TPSA) is 0 Å². The maximum Gasteiger partial charge on any atom is -0.00820 e. The third kappa shape index (κ3) is 1.80. The van der Waals surface area contributed by atoms with Crippen LogP contribution in [0.4, 0.5) is 0 Å². The van der Waals surface area contributed by atoms with Crippen LogP contribution in [0.15, 0.2) is 23.8 Å². The molecule has 0 spiro atoms. The number of hydrogen-bond donors (Lipinski definition) is 0. The van der Waals surface area contributed by atoms with Crippen LogP contribution in [0.25, 0.3) is 0 Å². The van der Waals surface area contributed by atoms with Crippen LogP contribution in [0.5, 0.6) is 0 Å². The largest absolute Gasteiger partial charge is 0.0804 e. The molecule has 0 unspecified atom stereocenters. The van der Waals surface area contributed by atoms with Gasteiger partial charge in [0.25, 0.3) is 0 Å². The Morgan fingerprint density at radius 2 is 2.00 bits per heavy atom. The summed E-state index contributed by atoms with van der Waals surface area (Å²) in [4.78, 5) is 0. The van der Waals surface area contributed by atoms with Gasteiger partial charge in [-0.1, -0.05) is 56.4 Å². The Morgan fingerprint density at radius 1 is 1.21 bits per heavy atom. The zero-order valence-corrected chi connectivity index (χ0v) is 9.39. The molecule has 78 valence electrons. The van der Waals surface area contributed by atoms with Gasteiger partial charge < -0.3 is 0 Å². The van der Waals surface area contributed by atoms with Gasteiger partial charge in [-0.15, -0.1) is 0 Å². The van der Waals surface area contributed by atoms with E-state index in [-0.39, 0.29) is 0 Å². The van der Waals surface area contributed by atoms with E-state index < -0.39 is 0 Å². The average Bonchev–Trinajstić information content (AvgIpc) is 2.73. The predicted molar refractivity (Wildman–Crippen MR) is 62.3 cm³/mol. The molecule has 0 nitrogen and oxygen atoms in total. The first-order valence-corrected chi connectivity index (χ1v) is 6.23. The van der Waals surface area contributed by atoms with Crippen molar-refractivity contribution in [2.75, 3.05) is 0 Å². The standard InChI is InChI=1S/C14H22/c1-2-10-14(11-6-3-7-12-14)13-8-4-5-9-13/h4-5,8H,2-3,6-7,9-12H2,1H3. The number of hydrogen-bond acceptors (Lipinski definition) is 0. The second-order valence-electron chi connectivity index (χ2n) is 4.92. The molecule has 1 fully saturated rings. The molecule has 0 N–H and O–H groups in total. The molecule has 1 saturated carbocycles. The fraction of sp³-hybridized carbons (Fsp3) is 0.714. The molecule has 0 bridgehead atoms. The summed E-state index contributed by atoms with van der Waals surface area (Å²) in [5, 5.41) is 0. The van der Waals surface area contributed by atoms with Crippen molar-refractivity contribution < 1.29 is 0 Å². The zero-order valence-electron chi connectivity index (χ0n) is 9.39. The third-order valence-corrected chi connectivity index (χ3v) is 3.99. The Morgan fingerprint density at radius 3 is 2.57 bits per heavy atom. The van der Waals surface area contributed by atoms with E-state index in [2.05, 4.69) is 25.2 Å². The first kappa shape index (κ1) is 10.0. The Balaban J connectivity index is 2.12. The van der Waals surface area contributed by atoms with Gasteiger partial charge in [0.15, 0.2) is 0 Å². The quantitative estimate of drug-likeness (QED) is 0.609.